The summed E-state index contributed by atoms with van der Waals surface area (Å²) in [5.74, 6) is -0.407. The monoisotopic (exact) mass is 269 g/mol. The van der Waals surface area contributed by atoms with Crippen molar-refractivity contribution in [2.75, 3.05) is 6.54 Å². The molecule has 1 aromatic carbocycles. The number of rotatable bonds is 3. The van der Waals surface area contributed by atoms with E-state index in [9.17, 15) is 9.90 Å². The van der Waals surface area contributed by atoms with E-state index in [1.807, 2.05) is 30.3 Å². The zero-order valence-corrected chi connectivity index (χ0v) is 11.0. The van der Waals surface area contributed by atoms with Crippen LogP contribution in [0.3, 0.4) is 0 Å². The average molecular weight is 269 g/mol. The van der Waals surface area contributed by atoms with Crippen molar-refractivity contribution >= 4 is 5.97 Å². The maximum absolute atomic E-state index is 11.4. The molecule has 1 aromatic heterocycles. The molecule has 0 bridgehead atoms. The summed E-state index contributed by atoms with van der Waals surface area (Å²) in [6.45, 7) is 1.36. The summed E-state index contributed by atoms with van der Waals surface area (Å²) < 4.78 is 0. The van der Waals surface area contributed by atoms with Gasteiger partial charge in [-0.15, -0.1) is 0 Å². The number of nitrogens with zero attached hydrogens (tertiary/aromatic N) is 2. The Morgan fingerprint density at radius 1 is 1.25 bits per heavy atom. The third-order valence-corrected chi connectivity index (χ3v) is 3.39. The Hall–Kier alpha value is -2.27. The lowest BCUT2D eigenvalue weighted by Gasteiger charge is -2.18. The van der Waals surface area contributed by atoms with Gasteiger partial charge < -0.3 is 10.4 Å². The van der Waals surface area contributed by atoms with Crippen molar-refractivity contribution in [3.8, 4) is 0 Å². The van der Waals surface area contributed by atoms with E-state index < -0.39 is 5.97 Å². The van der Waals surface area contributed by atoms with Gasteiger partial charge in [0.1, 0.15) is 5.82 Å². The van der Waals surface area contributed by atoms with Gasteiger partial charge in [-0.25, -0.2) is 14.8 Å². The molecule has 3 rings (SSSR count). The topological polar surface area (TPSA) is 75.1 Å². The first-order chi connectivity index (χ1) is 9.74. The van der Waals surface area contributed by atoms with Crippen molar-refractivity contribution in [2.24, 2.45) is 0 Å². The van der Waals surface area contributed by atoms with Gasteiger partial charge in [-0.05, 0) is 5.56 Å². The van der Waals surface area contributed by atoms with Gasteiger partial charge in [-0.1, -0.05) is 30.3 Å². The molecule has 0 fully saturated rings. The van der Waals surface area contributed by atoms with Gasteiger partial charge in [0.05, 0.1) is 5.69 Å². The molecule has 1 aliphatic heterocycles. The fourth-order valence-corrected chi connectivity index (χ4v) is 2.43. The lowest BCUT2D eigenvalue weighted by Crippen LogP contribution is -2.28. The van der Waals surface area contributed by atoms with E-state index in [0.29, 0.717) is 18.8 Å². The lowest BCUT2D eigenvalue weighted by molar-refractivity contribution is 0.0688. The van der Waals surface area contributed by atoms with Crippen molar-refractivity contribution in [1.82, 2.24) is 15.3 Å². The molecule has 2 heterocycles. The predicted molar refractivity (Wildman–Crippen MR) is 73.7 cm³/mol. The number of carboxylic acid groups (broad SMARTS) is 1. The fourth-order valence-electron chi connectivity index (χ4n) is 2.43. The van der Waals surface area contributed by atoms with Crippen LogP contribution in [0.1, 0.15) is 33.1 Å². The third-order valence-electron chi connectivity index (χ3n) is 3.39. The number of fused-ring (bicyclic) bond motifs is 1. The Morgan fingerprint density at radius 2 is 2.05 bits per heavy atom. The molecule has 5 nitrogen and oxygen atoms in total. The molecule has 0 saturated heterocycles. The Labute approximate surface area is 116 Å². The highest BCUT2D eigenvalue weighted by molar-refractivity contribution is 5.87. The molecular weight excluding hydrogens is 254 g/mol. The summed E-state index contributed by atoms with van der Waals surface area (Å²) in [5, 5.41) is 12.5. The summed E-state index contributed by atoms with van der Waals surface area (Å²) in [7, 11) is 0. The first-order valence-electron chi connectivity index (χ1n) is 6.60. The van der Waals surface area contributed by atoms with Crippen LogP contribution in [-0.4, -0.2) is 27.6 Å². The molecule has 0 radical (unpaired) electrons. The second-order valence-electron chi connectivity index (χ2n) is 4.81. The molecule has 0 spiro atoms. The van der Waals surface area contributed by atoms with E-state index in [0.717, 1.165) is 29.8 Å². The van der Waals surface area contributed by atoms with E-state index in [2.05, 4.69) is 15.3 Å². The summed E-state index contributed by atoms with van der Waals surface area (Å²) in [6, 6.07) is 9.84. The van der Waals surface area contributed by atoms with Gasteiger partial charge in [-0.3, -0.25) is 0 Å². The molecule has 0 saturated carbocycles. The number of hydrogen-bond donors (Lipinski definition) is 2. The smallest absolute Gasteiger partial charge is 0.354 e. The number of aromatic carboxylic acids is 1. The standard InChI is InChI=1S/C15H15N3O2/c19-15(20)14-11-9-16-7-6-12(11)17-13(18-14)8-10-4-2-1-3-5-10/h1-5,16H,6-9H2,(H,19,20). The Bertz CT molecular complexity index is 641. The Morgan fingerprint density at radius 3 is 2.80 bits per heavy atom. The number of carbonyl (C=O) groups is 1. The van der Waals surface area contributed by atoms with Gasteiger partial charge in [0.25, 0.3) is 0 Å². The highest BCUT2D eigenvalue weighted by atomic mass is 16.4. The minimum Gasteiger partial charge on any atom is -0.476 e. The molecule has 0 amide bonds. The Kier molecular flexibility index (Phi) is 3.43. The SMILES string of the molecule is O=C(O)c1nc(Cc2ccccc2)nc2c1CNCC2. The van der Waals surface area contributed by atoms with Crippen molar-refractivity contribution < 1.29 is 9.90 Å². The van der Waals surface area contributed by atoms with Crippen LogP contribution >= 0.6 is 0 Å². The zero-order chi connectivity index (χ0) is 13.9. The van der Waals surface area contributed by atoms with Gasteiger partial charge in [0.2, 0.25) is 0 Å². The van der Waals surface area contributed by atoms with Gasteiger partial charge in [0, 0.05) is 31.5 Å². The third kappa shape index (κ3) is 2.53. The highest BCUT2D eigenvalue weighted by Gasteiger charge is 2.21. The number of hydrogen-bond acceptors (Lipinski definition) is 4. The highest BCUT2D eigenvalue weighted by Crippen LogP contribution is 2.17. The molecule has 1 aliphatic rings. The molecule has 5 heteroatoms. The minimum absolute atomic E-state index is 0.133. The molecule has 102 valence electrons. The van der Waals surface area contributed by atoms with Crippen LogP contribution < -0.4 is 5.32 Å². The summed E-state index contributed by atoms with van der Waals surface area (Å²) in [6.07, 6.45) is 1.31. The minimum atomic E-state index is -0.985. The Balaban J connectivity index is 2.00. The van der Waals surface area contributed by atoms with Crippen LogP contribution in [0.4, 0.5) is 0 Å². The average Bonchev–Trinajstić information content (AvgIpc) is 2.47. The molecule has 2 aromatic rings. The number of nitrogens with one attached hydrogen (secondary N) is 1. The number of carboxylic acids is 1. The van der Waals surface area contributed by atoms with Crippen molar-refractivity contribution in [2.45, 2.75) is 19.4 Å². The normalized spacial score (nSPS) is 13.8. The number of benzene rings is 1. The van der Waals surface area contributed by atoms with Crippen molar-refractivity contribution in [1.29, 1.82) is 0 Å². The molecular formula is C15H15N3O2. The van der Waals surface area contributed by atoms with E-state index in [4.69, 9.17) is 0 Å². The number of aromatic nitrogens is 2. The largest absolute Gasteiger partial charge is 0.476 e. The van der Waals surface area contributed by atoms with E-state index in [1.165, 1.54) is 0 Å². The molecule has 2 N–H and O–H groups in total. The maximum atomic E-state index is 11.4. The maximum Gasteiger partial charge on any atom is 0.354 e. The zero-order valence-electron chi connectivity index (χ0n) is 11.0. The van der Waals surface area contributed by atoms with Gasteiger partial charge in [-0.2, -0.15) is 0 Å². The fraction of sp³-hybridized carbons (Fsp3) is 0.267. The summed E-state index contributed by atoms with van der Waals surface area (Å²) >= 11 is 0. The molecule has 0 unspecified atom stereocenters. The van der Waals surface area contributed by atoms with Crippen LogP contribution in [0.25, 0.3) is 0 Å². The van der Waals surface area contributed by atoms with Gasteiger partial charge >= 0.3 is 5.97 Å². The first-order valence-corrected chi connectivity index (χ1v) is 6.60. The lowest BCUT2D eigenvalue weighted by atomic mass is 10.0. The molecule has 0 aliphatic carbocycles. The van der Waals surface area contributed by atoms with Crippen LogP contribution in [0.2, 0.25) is 0 Å². The summed E-state index contributed by atoms with van der Waals surface area (Å²) in [4.78, 5) is 20.1. The van der Waals surface area contributed by atoms with Crippen molar-refractivity contribution in [3.05, 3.63) is 58.7 Å². The quantitative estimate of drug-likeness (QED) is 0.881. The van der Waals surface area contributed by atoms with Crippen LogP contribution in [0, 0.1) is 0 Å². The van der Waals surface area contributed by atoms with Crippen molar-refractivity contribution in [3.63, 3.8) is 0 Å². The first kappa shape index (κ1) is 12.7. The summed E-state index contributed by atoms with van der Waals surface area (Å²) in [5.41, 5.74) is 2.80. The van der Waals surface area contributed by atoms with Crippen LogP contribution in [0.5, 0.6) is 0 Å². The van der Waals surface area contributed by atoms with Gasteiger partial charge in [0.15, 0.2) is 5.69 Å². The molecule has 20 heavy (non-hydrogen) atoms. The van der Waals surface area contributed by atoms with E-state index >= 15 is 0 Å². The van der Waals surface area contributed by atoms with E-state index in [1.54, 1.807) is 0 Å². The van der Waals surface area contributed by atoms with Crippen LogP contribution in [0.15, 0.2) is 30.3 Å². The van der Waals surface area contributed by atoms with Crippen LogP contribution in [-0.2, 0) is 19.4 Å². The predicted octanol–water partition coefficient (Wildman–Crippen LogP) is 1.41. The van der Waals surface area contributed by atoms with E-state index in [-0.39, 0.29) is 5.69 Å². The second kappa shape index (κ2) is 5.38. The molecule has 0 atom stereocenters. The second-order valence-corrected chi connectivity index (χ2v) is 4.81.